The van der Waals surface area contributed by atoms with Gasteiger partial charge in [-0.1, -0.05) is 6.07 Å². The molecule has 39 heavy (non-hydrogen) atoms. The Morgan fingerprint density at radius 2 is 1.62 bits per heavy atom. The van der Waals surface area contributed by atoms with Crippen LogP contribution < -0.4 is 21.3 Å². The van der Waals surface area contributed by atoms with Gasteiger partial charge in [0.15, 0.2) is 0 Å². The summed E-state index contributed by atoms with van der Waals surface area (Å²) in [6, 6.07) is 15.0. The number of urea groups is 1. The molecule has 2 aromatic heterocycles. The minimum absolute atomic E-state index is 0.0327. The van der Waals surface area contributed by atoms with E-state index in [9.17, 15) is 22.8 Å². The summed E-state index contributed by atoms with van der Waals surface area (Å²) in [5.41, 5.74) is 6.02. The lowest BCUT2D eigenvalue weighted by Gasteiger charge is -2.35. The van der Waals surface area contributed by atoms with Crippen molar-refractivity contribution in [2.45, 2.75) is 6.18 Å². The minimum Gasteiger partial charge on any atom is -0.368 e. The van der Waals surface area contributed by atoms with E-state index < -0.39 is 23.7 Å². The lowest BCUT2D eigenvalue weighted by atomic mass is 10.1. The number of carbonyl (C=O) groups is 2. The number of pyridine rings is 1. The number of amides is 3. The Kier molecular flexibility index (Phi) is 6.87. The van der Waals surface area contributed by atoms with Crippen LogP contribution in [0.2, 0.25) is 0 Å². The standard InChI is InChI=1S/C27H26F3N7O2/c1-35-11-13-36(14-12-35)23-8-6-19(16-20(23)27(28,29)30)33-26(39)32-18-5-7-22-17(15-18)9-10-37(22)24-4-2-3-21(34-24)25(31)38/h2-10,15-16H,11-14H2,1H3,(H2,31,38)(H2,32,33,39). The molecule has 0 atom stereocenters. The van der Waals surface area contributed by atoms with Crippen LogP contribution in [0.15, 0.2) is 66.9 Å². The van der Waals surface area contributed by atoms with Crippen LogP contribution in [0, 0.1) is 0 Å². The maximum atomic E-state index is 13.9. The quantitative estimate of drug-likeness (QED) is 0.347. The molecule has 0 saturated carbocycles. The van der Waals surface area contributed by atoms with Crippen molar-refractivity contribution in [3.63, 3.8) is 0 Å². The van der Waals surface area contributed by atoms with Gasteiger partial charge in [0.25, 0.3) is 5.91 Å². The van der Waals surface area contributed by atoms with Crippen molar-refractivity contribution in [1.82, 2.24) is 14.5 Å². The highest BCUT2D eigenvalue weighted by Gasteiger charge is 2.36. The Bertz CT molecular complexity index is 1540. The van der Waals surface area contributed by atoms with Crippen molar-refractivity contribution >= 4 is 39.9 Å². The number of piperazine rings is 1. The summed E-state index contributed by atoms with van der Waals surface area (Å²) in [6.45, 7) is 2.32. The number of anilines is 3. The number of nitrogens with two attached hydrogens (primary N) is 1. The highest BCUT2D eigenvalue weighted by Crippen LogP contribution is 2.38. The molecule has 202 valence electrons. The number of halogens is 3. The number of fused-ring (bicyclic) bond motifs is 1. The van der Waals surface area contributed by atoms with E-state index in [2.05, 4.69) is 20.5 Å². The number of likely N-dealkylation sites (N-methyl/N-ethyl adjacent to an activating group) is 1. The van der Waals surface area contributed by atoms with Crippen LogP contribution in [-0.2, 0) is 6.18 Å². The normalized spacial score (nSPS) is 14.4. The van der Waals surface area contributed by atoms with E-state index in [1.54, 1.807) is 46.0 Å². The molecule has 0 bridgehead atoms. The molecule has 3 amide bonds. The molecule has 1 saturated heterocycles. The fraction of sp³-hybridized carbons (Fsp3) is 0.222. The number of hydrogen-bond acceptors (Lipinski definition) is 5. The Hall–Kier alpha value is -4.58. The van der Waals surface area contributed by atoms with Gasteiger partial charge in [-0.25, -0.2) is 9.78 Å². The molecule has 0 spiro atoms. The Morgan fingerprint density at radius 1 is 0.923 bits per heavy atom. The van der Waals surface area contributed by atoms with E-state index in [1.807, 2.05) is 13.1 Å². The second-order valence-electron chi connectivity index (χ2n) is 9.30. The van der Waals surface area contributed by atoms with Gasteiger partial charge in [0, 0.05) is 54.8 Å². The van der Waals surface area contributed by atoms with Crippen molar-refractivity contribution in [2.75, 3.05) is 48.8 Å². The molecular weight excluding hydrogens is 511 g/mol. The lowest BCUT2D eigenvalue weighted by molar-refractivity contribution is -0.137. The van der Waals surface area contributed by atoms with Gasteiger partial charge < -0.3 is 30.7 Å². The zero-order valence-electron chi connectivity index (χ0n) is 21.0. The number of carbonyl (C=O) groups excluding carboxylic acids is 2. The lowest BCUT2D eigenvalue weighted by Crippen LogP contribution is -2.45. The molecule has 12 heteroatoms. The first-order valence-corrected chi connectivity index (χ1v) is 12.2. The number of benzene rings is 2. The first-order valence-electron chi connectivity index (χ1n) is 12.2. The summed E-state index contributed by atoms with van der Waals surface area (Å²) in [4.78, 5) is 32.2. The minimum atomic E-state index is -4.57. The van der Waals surface area contributed by atoms with Crippen LogP contribution in [0.1, 0.15) is 16.1 Å². The van der Waals surface area contributed by atoms with Gasteiger partial charge >= 0.3 is 12.2 Å². The van der Waals surface area contributed by atoms with E-state index in [1.165, 1.54) is 18.2 Å². The smallest absolute Gasteiger partial charge is 0.368 e. The molecule has 4 N–H and O–H groups in total. The van der Waals surface area contributed by atoms with Crippen LogP contribution in [0.25, 0.3) is 16.7 Å². The average molecular weight is 538 g/mol. The van der Waals surface area contributed by atoms with Gasteiger partial charge in [0.2, 0.25) is 0 Å². The van der Waals surface area contributed by atoms with Gasteiger partial charge in [0.1, 0.15) is 11.5 Å². The number of aromatic nitrogens is 2. The molecule has 1 aliphatic heterocycles. The zero-order valence-corrected chi connectivity index (χ0v) is 21.0. The van der Waals surface area contributed by atoms with E-state index in [0.29, 0.717) is 37.7 Å². The van der Waals surface area contributed by atoms with Crippen molar-refractivity contribution in [1.29, 1.82) is 0 Å². The molecule has 1 aliphatic rings. The molecule has 9 nitrogen and oxygen atoms in total. The van der Waals surface area contributed by atoms with Crippen molar-refractivity contribution < 1.29 is 22.8 Å². The van der Waals surface area contributed by atoms with Crippen LogP contribution in [0.5, 0.6) is 0 Å². The highest BCUT2D eigenvalue weighted by molar-refractivity contribution is 6.01. The second kappa shape index (κ2) is 10.3. The predicted octanol–water partition coefficient (Wildman–Crippen LogP) is 4.54. The number of nitrogens with one attached hydrogen (secondary N) is 2. The fourth-order valence-corrected chi connectivity index (χ4v) is 4.57. The van der Waals surface area contributed by atoms with E-state index in [4.69, 9.17) is 5.73 Å². The van der Waals surface area contributed by atoms with Crippen LogP contribution in [-0.4, -0.2) is 59.6 Å². The third-order valence-electron chi connectivity index (χ3n) is 6.59. The fourth-order valence-electron chi connectivity index (χ4n) is 4.57. The maximum absolute atomic E-state index is 13.9. The van der Waals surface area contributed by atoms with Crippen LogP contribution in [0.3, 0.4) is 0 Å². The summed E-state index contributed by atoms with van der Waals surface area (Å²) in [5, 5.41) is 5.94. The maximum Gasteiger partial charge on any atom is 0.418 e. The zero-order chi connectivity index (χ0) is 27.7. The molecule has 4 aromatic rings. The summed E-state index contributed by atoms with van der Waals surface area (Å²) in [6.07, 6.45) is -2.81. The molecular formula is C27H26F3N7O2. The van der Waals surface area contributed by atoms with E-state index in [0.717, 1.165) is 17.0 Å². The van der Waals surface area contributed by atoms with Crippen molar-refractivity contribution in [3.8, 4) is 5.82 Å². The molecule has 0 unspecified atom stereocenters. The van der Waals surface area contributed by atoms with Gasteiger partial charge in [-0.2, -0.15) is 13.2 Å². The summed E-state index contributed by atoms with van der Waals surface area (Å²) in [5.74, 6) is -0.137. The van der Waals surface area contributed by atoms with Gasteiger partial charge in [-0.05, 0) is 61.6 Å². The third-order valence-corrected chi connectivity index (χ3v) is 6.59. The summed E-state index contributed by atoms with van der Waals surface area (Å²) >= 11 is 0. The van der Waals surface area contributed by atoms with E-state index in [-0.39, 0.29) is 17.1 Å². The topological polar surface area (TPSA) is 109 Å². The largest absolute Gasteiger partial charge is 0.418 e. The highest BCUT2D eigenvalue weighted by atomic mass is 19.4. The number of alkyl halides is 3. The first kappa shape index (κ1) is 26.0. The summed E-state index contributed by atoms with van der Waals surface area (Å²) < 4.78 is 43.4. The SMILES string of the molecule is CN1CCN(c2ccc(NC(=O)Nc3ccc4c(ccn4-c4cccc(C(N)=O)n4)c3)cc2C(F)(F)F)CC1. The average Bonchev–Trinajstić information content (AvgIpc) is 3.32. The molecule has 1 fully saturated rings. The van der Waals surface area contributed by atoms with Crippen LogP contribution >= 0.6 is 0 Å². The predicted molar refractivity (Wildman–Crippen MR) is 143 cm³/mol. The molecule has 5 rings (SSSR count). The number of primary amides is 1. The number of rotatable bonds is 5. The monoisotopic (exact) mass is 537 g/mol. The Labute approximate surface area is 222 Å². The Balaban J connectivity index is 1.32. The van der Waals surface area contributed by atoms with Crippen molar-refractivity contribution in [3.05, 3.63) is 78.1 Å². The Morgan fingerprint density at radius 3 is 2.31 bits per heavy atom. The molecule has 0 radical (unpaired) electrons. The number of hydrogen-bond donors (Lipinski definition) is 3. The van der Waals surface area contributed by atoms with Gasteiger partial charge in [0.05, 0.1) is 11.1 Å². The van der Waals surface area contributed by atoms with E-state index >= 15 is 0 Å². The van der Waals surface area contributed by atoms with Crippen LogP contribution in [0.4, 0.5) is 35.0 Å². The first-order chi connectivity index (χ1) is 18.6. The van der Waals surface area contributed by atoms with Crippen molar-refractivity contribution in [2.24, 2.45) is 5.73 Å². The number of nitrogens with zero attached hydrogens (tertiary/aromatic N) is 4. The summed E-state index contributed by atoms with van der Waals surface area (Å²) in [7, 11) is 1.93. The third kappa shape index (κ3) is 5.65. The van der Waals surface area contributed by atoms with Gasteiger partial charge in [-0.15, -0.1) is 0 Å². The molecule has 3 heterocycles. The van der Waals surface area contributed by atoms with Gasteiger partial charge in [-0.3, -0.25) is 4.79 Å². The molecule has 0 aliphatic carbocycles. The second-order valence-corrected chi connectivity index (χ2v) is 9.30. The molecule has 2 aromatic carbocycles.